The molecule has 22 heavy (non-hydrogen) atoms. The van der Waals surface area contributed by atoms with Crippen LogP contribution in [0.3, 0.4) is 0 Å². The van der Waals surface area contributed by atoms with E-state index in [1.54, 1.807) is 12.4 Å². The molecule has 6 heteroatoms. The van der Waals surface area contributed by atoms with Crippen molar-refractivity contribution in [3.05, 3.63) is 59.5 Å². The molecule has 2 aromatic heterocycles. The second-order valence-electron chi connectivity index (χ2n) is 4.91. The Morgan fingerprint density at radius 1 is 1.09 bits per heavy atom. The Morgan fingerprint density at radius 3 is 2.55 bits per heavy atom. The summed E-state index contributed by atoms with van der Waals surface area (Å²) in [6, 6.07) is 11.9. The Hall–Kier alpha value is -3.02. The van der Waals surface area contributed by atoms with Gasteiger partial charge in [0.05, 0.1) is 18.1 Å². The van der Waals surface area contributed by atoms with Crippen LogP contribution in [-0.2, 0) is 0 Å². The molecule has 0 amide bonds. The first-order valence-electron chi connectivity index (χ1n) is 6.92. The molecule has 0 aliphatic rings. The molecule has 0 saturated carbocycles. The molecule has 3 rings (SSSR count). The van der Waals surface area contributed by atoms with E-state index in [2.05, 4.69) is 30.7 Å². The van der Waals surface area contributed by atoms with Crippen molar-refractivity contribution < 1.29 is 0 Å². The Morgan fingerprint density at radius 2 is 1.82 bits per heavy atom. The van der Waals surface area contributed by atoms with Gasteiger partial charge in [0, 0.05) is 22.5 Å². The molecule has 0 saturated heterocycles. The molecule has 0 aliphatic heterocycles. The molecule has 110 valence electrons. The number of aryl methyl sites for hydroxylation is 2. The van der Waals surface area contributed by atoms with Crippen LogP contribution in [0.1, 0.15) is 17.0 Å². The summed E-state index contributed by atoms with van der Waals surface area (Å²) in [6.45, 7) is 3.85. The summed E-state index contributed by atoms with van der Waals surface area (Å²) in [4.78, 5) is 8.55. The van der Waals surface area contributed by atoms with Gasteiger partial charge in [-0.1, -0.05) is 30.3 Å². The topological polar surface area (TPSA) is 78.9 Å². The van der Waals surface area contributed by atoms with Crippen molar-refractivity contribution in [3.63, 3.8) is 0 Å². The van der Waals surface area contributed by atoms with Crippen LogP contribution in [0.25, 0.3) is 11.3 Å². The summed E-state index contributed by atoms with van der Waals surface area (Å²) in [5, 5.41) is 11.3. The average molecular weight is 292 g/mol. The second kappa shape index (κ2) is 6.17. The highest BCUT2D eigenvalue weighted by atomic mass is 15.3. The number of nitrogens with one attached hydrogen (secondary N) is 2. The summed E-state index contributed by atoms with van der Waals surface area (Å²) >= 11 is 0. The molecular weight excluding hydrogens is 276 g/mol. The molecule has 0 atom stereocenters. The van der Waals surface area contributed by atoms with Crippen LogP contribution in [0, 0.1) is 13.8 Å². The van der Waals surface area contributed by atoms with Crippen molar-refractivity contribution >= 4 is 12.2 Å². The largest absolute Gasteiger partial charge is 0.277 e. The first-order valence-corrected chi connectivity index (χ1v) is 6.92. The summed E-state index contributed by atoms with van der Waals surface area (Å²) in [5.41, 5.74) is 7.53. The number of hydrogen-bond acceptors (Lipinski definition) is 5. The number of aromatic amines is 1. The fourth-order valence-corrected chi connectivity index (χ4v) is 2.16. The lowest BCUT2D eigenvalue weighted by Crippen LogP contribution is -1.99. The zero-order chi connectivity index (χ0) is 15.4. The molecule has 0 unspecified atom stereocenters. The standard InChI is InChI=1S/C16H16N6/c1-11-8-12(2)20-16(19-11)22-18-10-14-9-17-21-15(14)13-6-4-3-5-7-13/h3-10H,1-2H3,(H,17,21)(H,19,20,22)/b18-10-. The Kier molecular flexibility index (Phi) is 3.91. The van der Waals surface area contributed by atoms with Gasteiger partial charge in [-0.2, -0.15) is 10.2 Å². The van der Waals surface area contributed by atoms with Crippen LogP contribution in [0.15, 0.2) is 47.7 Å². The highest BCUT2D eigenvalue weighted by molar-refractivity contribution is 5.88. The smallest absolute Gasteiger partial charge is 0.243 e. The number of hydrazone groups is 1. The molecule has 1 aromatic carbocycles. The van der Waals surface area contributed by atoms with Gasteiger partial charge in [-0.25, -0.2) is 15.4 Å². The van der Waals surface area contributed by atoms with Crippen molar-refractivity contribution in [1.29, 1.82) is 0 Å². The van der Waals surface area contributed by atoms with Crippen molar-refractivity contribution in [3.8, 4) is 11.3 Å². The van der Waals surface area contributed by atoms with Crippen LogP contribution in [-0.4, -0.2) is 26.4 Å². The monoisotopic (exact) mass is 292 g/mol. The van der Waals surface area contributed by atoms with E-state index < -0.39 is 0 Å². The van der Waals surface area contributed by atoms with E-state index >= 15 is 0 Å². The highest BCUT2D eigenvalue weighted by Crippen LogP contribution is 2.19. The van der Waals surface area contributed by atoms with Gasteiger partial charge in [0.25, 0.3) is 0 Å². The normalized spacial score (nSPS) is 11.0. The number of benzene rings is 1. The number of nitrogens with zero attached hydrogens (tertiary/aromatic N) is 4. The molecule has 2 N–H and O–H groups in total. The van der Waals surface area contributed by atoms with Crippen LogP contribution in [0.2, 0.25) is 0 Å². The SMILES string of the molecule is Cc1cc(C)nc(N/N=C\c2cn[nH]c2-c2ccccc2)n1. The number of aromatic nitrogens is 4. The van der Waals surface area contributed by atoms with Crippen LogP contribution in [0.4, 0.5) is 5.95 Å². The molecule has 0 aliphatic carbocycles. The predicted molar refractivity (Wildman–Crippen MR) is 86.7 cm³/mol. The number of H-pyrrole nitrogens is 1. The molecular formula is C16H16N6. The molecule has 0 radical (unpaired) electrons. The average Bonchev–Trinajstić information content (AvgIpc) is 2.96. The van der Waals surface area contributed by atoms with E-state index in [1.807, 2.05) is 50.2 Å². The van der Waals surface area contributed by atoms with Gasteiger partial charge in [0.1, 0.15) is 0 Å². The maximum Gasteiger partial charge on any atom is 0.243 e. The minimum Gasteiger partial charge on any atom is -0.277 e. The lowest BCUT2D eigenvalue weighted by atomic mass is 10.1. The fraction of sp³-hybridized carbons (Fsp3) is 0.125. The van der Waals surface area contributed by atoms with Crippen molar-refractivity contribution in [2.45, 2.75) is 13.8 Å². The zero-order valence-electron chi connectivity index (χ0n) is 12.4. The molecule has 0 bridgehead atoms. The molecule has 0 fully saturated rings. The lowest BCUT2D eigenvalue weighted by Gasteiger charge is -2.02. The Bertz CT molecular complexity index is 771. The van der Waals surface area contributed by atoms with E-state index in [0.717, 1.165) is 28.2 Å². The quantitative estimate of drug-likeness (QED) is 0.572. The van der Waals surface area contributed by atoms with Gasteiger partial charge in [0.15, 0.2) is 0 Å². The summed E-state index contributed by atoms with van der Waals surface area (Å²) in [5.74, 6) is 0.485. The molecule has 3 aromatic rings. The van der Waals surface area contributed by atoms with Crippen molar-refractivity contribution in [2.75, 3.05) is 5.43 Å². The summed E-state index contributed by atoms with van der Waals surface area (Å²) in [6.07, 6.45) is 3.43. The highest BCUT2D eigenvalue weighted by Gasteiger charge is 2.05. The van der Waals surface area contributed by atoms with E-state index in [4.69, 9.17) is 0 Å². The Balaban J connectivity index is 1.78. The van der Waals surface area contributed by atoms with Crippen LogP contribution in [0.5, 0.6) is 0 Å². The molecule has 6 nitrogen and oxygen atoms in total. The predicted octanol–water partition coefficient (Wildman–Crippen LogP) is 2.93. The Labute approximate surface area is 128 Å². The van der Waals surface area contributed by atoms with Gasteiger partial charge in [0.2, 0.25) is 5.95 Å². The van der Waals surface area contributed by atoms with Crippen LogP contribution < -0.4 is 5.43 Å². The van der Waals surface area contributed by atoms with Gasteiger partial charge in [-0.15, -0.1) is 0 Å². The third kappa shape index (κ3) is 3.17. The fourth-order valence-electron chi connectivity index (χ4n) is 2.16. The minimum atomic E-state index is 0.485. The van der Waals surface area contributed by atoms with Gasteiger partial charge in [-0.3, -0.25) is 5.10 Å². The number of anilines is 1. The first kappa shape index (κ1) is 13.9. The second-order valence-corrected chi connectivity index (χ2v) is 4.91. The maximum absolute atomic E-state index is 4.27. The van der Waals surface area contributed by atoms with E-state index in [-0.39, 0.29) is 0 Å². The summed E-state index contributed by atoms with van der Waals surface area (Å²) < 4.78 is 0. The zero-order valence-corrected chi connectivity index (χ0v) is 12.4. The van der Waals surface area contributed by atoms with Crippen molar-refractivity contribution in [2.24, 2.45) is 5.10 Å². The van der Waals surface area contributed by atoms with Crippen molar-refractivity contribution in [1.82, 2.24) is 20.2 Å². The van der Waals surface area contributed by atoms with Crippen LogP contribution >= 0.6 is 0 Å². The van der Waals surface area contributed by atoms with Gasteiger partial charge >= 0.3 is 0 Å². The summed E-state index contributed by atoms with van der Waals surface area (Å²) in [7, 11) is 0. The van der Waals surface area contributed by atoms with Gasteiger partial charge in [-0.05, 0) is 19.9 Å². The van der Waals surface area contributed by atoms with E-state index in [9.17, 15) is 0 Å². The number of hydrogen-bond donors (Lipinski definition) is 2. The van der Waals surface area contributed by atoms with Gasteiger partial charge < -0.3 is 0 Å². The molecule has 0 spiro atoms. The maximum atomic E-state index is 4.27. The van der Waals surface area contributed by atoms with E-state index in [0.29, 0.717) is 5.95 Å². The molecule has 2 heterocycles. The van der Waals surface area contributed by atoms with E-state index in [1.165, 1.54) is 0 Å². The third-order valence-electron chi connectivity index (χ3n) is 3.08. The first-order chi connectivity index (χ1) is 10.7. The minimum absolute atomic E-state index is 0.485. The third-order valence-corrected chi connectivity index (χ3v) is 3.08. The number of rotatable bonds is 4. The lowest BCUT2D eigenvalue weighted by molar-refractivity contribution is 1.04.